The number of rotatable bonds is 6. The number of amides is 1. The van der Waals surface area contributed by atoms with Crippen molar-refractivity contribution in [3.63, 3.8) is 0 Å². The number of aromatic nitrogens is 1. The number of nitrogens with zero attached hydrogens (tertiary/aromatic N) is 1. The smallest absolute Gasteiger partial charge is 0.251 e. The number of fused-ring (bicyclic) bond motifs is 1. The van der Waals surface area contributed by atoms with Crippen LogP contribution in [0.1, 0.15) is 29.9 Å². The van der Waals surface area contributed by atoms with Crippen LogP contribution in [0.2, 0.25) is 0 Å². The van der Waals surface area contributed by atoms with Crippen LogP contribution in [0.15, 0.2) is 42.5 Å². The average molecular weight is 395 g/mol. The normalized spacial score (nSPS) is 12.1. The molecule has 1 atom stereocenters. The summed E-state index contributed by atoms with van der Waals surface area (Å²) in [5, 5.41) is 22.8. The number of carbonyl (C=O) groups is 1. The van der Waals surface area contributed by atoms with E-state index in [1.54, 1.807) is 6.07 Å². The number of hydrogen-bond donors (Lipinski definition) is 4. The van der Waals surface area contributed by atoms with Crippen molar-refractivity contribution in [3.8, 4) is 17.2 Å². The second-order valence-electron chi connectivity index (χ2n) is 7.38. The van der Waals surface area contributed by atoms with Crippen LogP contribution < -0.4 is 15.8 Å². The molecule has 7 nitrogen and oxygen atoms in total. The fraction of sp³-hybridized carbons (Fsp3) is 0.273. The number of anilines is 1. The van der Waals surface area contributed by atoms with Gasteiger partial charge >= 0.3 is 0 Å². The third-order valence-corrected chi connectivity index (χ3v) is 4.66. The summed E-state index contributed by atoms with van der Waals surface area (Å²) in [5.74, 6) is -0.0868. The predicted molar refractivity (Wildman–Crippen MR) is 112 cm³/mol. The maximum Gasteiger partial charge on any atom is 0.251 e. The molecular formula is C22H25N3O4. The van der Waals surface area contributed by atoms with Crippen LogP contribution in [0.5, 0.6) is 17.2 Å². The van der Waals surface area contributed by atoms with Crippen molar-refractivity contribution in [3.05, 3.63) is 53.7 Å². The standard InChI is InChI=1S/C22H25N3O4/c1-12(2)19(25-22(28)14-8-15(26)10-16(27)9-14)11-29-20-6-4-5-18-21(20)17(23)7-13(3)24-18/h4-10,12,19,26-27H,11H2,1-3H3,(H2,23,24)(H,25,28)/t19-/m1/s1. The van der Waals surface area contributed by atoms with Gasteiger partial charge in [0.05, 0.1) is 16.9 Å². The summed E-state index contributed by atoms with van der Waals surface area (Å²) in [5.41, 5.74) is 8.51. The molecule has 1 heterocycles. The third-order valence-electron chi connectivity index (χ3n) is 4.66. The minimum atomic E-state index is -0.409. The van der Waals surface area contributed by atoms with E-state index >= 15 is 0 Å². The van der Waals surface area contributed by atoms with Gasteiger partial charge < -0.3 is 26.0 Å². The number of hydrogen-bond acceptors (Lipinski definition) is 6. The second-order valence-corrected chi connectivity index (χ2v) is 7.38. The van der Waals surface area contributed by atoms with Gasteiger partial charge in [-0.15, -0.1) is 0 Å². The van der Waals surface area contributed by atoms with E-state index in [4.69, 9.17) is 10.5 Å². The van der Waals surface area contributed by atoms with Crippen molar-refractivity contribution in [2.45, 2.75) is 26.8 Å². The summed E-state index contributed by atoms with van der Waals surface area (Å²) in [6, 6.07) is 10.8. The lowest BCUT2D eigenvalue weighted by atomic mass is 10.0. The van der Waals surface area contributed by atoms with E-state index in [9.17, 15) is 15.0 Å². The van der Waals surface area contributed by atoms with Crippen LogP contribution in [-0.2, 0) is 0 Å². The Kier molecular flexibility index (Phi) is 5.77. The molecule has 0 aliphatic heterocycles. The van der Waals surface area contributed by atoms with Crippen LogP contribution in [0, 0.1) is 12.8 Å². The van der Waals surface area contributed by atoms with Gasteiger partial charge in [0.25, 0.3) is 5.91 Å². The summed E-state index contributed by atoms with van der Waals surface area (Å²) < 4.78 is 6.01. The Bertz CT molecular complexity index is 1030. The van der Waals surface area contributed by atoms with E-state index < -0.39 is 5.91 Å². The van der Waals surface area contributed by atoms with Crippen LogP contribution in [0.25, 0.3) is 10.9 Å². The Hall–Kier alpha value is -3.48. The highest BCUT2D eigenvalue weighted by atomic mass is 16.5. The minimum absolute atomic E-state index is 0.0811. The molecule has 1 aromatic heterocycles. The van der Waals surface area contributed by atoms with Crippen molar-refractivity contribution in [1.29, 1.82) is 0 Å². The first-order valence-corrected chi connectivity index (χ1v) is 9.37. The minimum Gasteiger partial charge on any atom is -0.508 e. The highest BCUT2D eigenvalue weighted by Gasteiger charge is 2.20. The lowest BCUT2D eigenvalue weighted by molar-refractivity contribution is 0.0904. The molecule has 1 amide bonds. The molecule has 0 aliphatic rings. The summed E-state index contributed by atoms with van der Waals surface area (Å²) in [7, 11) is 0. The topological polar surface area (TPSA) is 118 Å². The fourth-order valence-corrected chi connectivity index (χ4v) is 3.10. The molecule has 2 aromatic carbocycles. The maximum atomic E-state index is 12.6. The van der Waals surface area contributed by atoms with E-state index in [1.165, 1.54) is 18.2 Å². The summed E-state index contributed by atoms with van der Waals surface area (Å²) in [6.07, 6.45) is 0. The molecule has 7 heteroatoms. The molecule has 3 rings (SSSR count). The predicted octanol–water partition coefficient (Wildman–Crippen LogP) is 3.37. The quantitative estimate of drug-likeness (QED) is 0.508. The molecular weight excluding hydrogens is 370 g/mol. The van der Waals surface area contributed by atoms with E-state index in [0.717, 1.165) is 16.6 Å². The number of ether oxygens (including phenoxy) is 1. The fourth-order valence-electron chi connectivity index (χ4n) is 3.10. The van der Waals surface area contributed by atoms with E-state index in [-0.39, 0.29) is 35.6 Å². The first-order chi connectivity index (χ1) is 13.7. The van der Waals surface area contributed by atoms with Crippen LogP contribution in [0.4, 0.5) is 5.69 Å². The largest absolute Gasteiger partial charge is 0.508 e. The van der Waals surface area contributed by atoms with E-state index in [2.05, 4.69) is 10.3 Å². The highest BCUT2D eigenvalue weighted by Crippen LogP contribution is 2.30. The monoisotopic (exact) mass is 395 g/mol. The molecule has 0 saturated carbocycles. The number of nitrogen functional groups attached to an aromatic ring is 1. The Morgan fingerprint density at radius 1 is 1.17 bits per heavy atom. The Balaban J connectivity index is 1.78. The van der Waals surface area contributed by atoms with Gasteiger partial charge in [0, 0.05) is 23.0 Å². The Morgan fingerprint density at radius 2 is 1.86 bits per heavy atom. The molecule has 0 aliphatic carbocycles. The third kappa shape index (κ3) is 4.68. The summed E-state index contributed by atoms with van der Waals surface area (Å²) >= 11 is 0. The molecule has 0 unspecified atom stereocenters. The number of aromatic hydroxyl groups is 2. The molecule has 0 bridgehead atoms. The van der Waals surface area contributed by atoms with Gasteiger partial charge in [-0.05, 0) is 43.2 Å². The zero-order valence-corrected chi connectivity index (χ0v) is 16.6. The van der Waals surface area contributed by atoms with E-state index in [1.807, 2.05) is 39.0 Å². The maximum absolute atomic E-state index is 12.6. The molecule has 0 spiro atoms. The molecule has 152 valence electrons. The molecule has 0 fully saturated rings. The molecule has 0 saturated heterocycles. The SMILES string of the molecule is Cc1cc(N)c2c(OC[C@@H](NC(=O)c3cc(O)cc(O)c3)C(C)C)cccc2n1. The van der Waals surface area contributed by atoms with Gasteiger partial charge in [-0.1, -0.05) is 19.9 Å². The average Bonchev–Trinajstić information content (AvgIpc) is 2.63. The molecule has 3 aromatic rings. The zero-order chi connectivity index (χ0) is 21.1. The van der Waals surface area contributed by atoms with Crippen molar-refractivity contribution in [2.24, 2.45) is 5.92 Å². The highest BCUT2D eigenvalue weighted by molar-refractivity contribution is 5.96. The van der Waals surface area contributed by atoms with Gasteiger partial charge in [0.2, 0.25) is 0 Å². The van der Waals surface area contributed by atoms with Gasteiger partial charge in [0.1, 0.15) is 23.9 Å². The van der Waals surface area contributed by atoms with Gasteiger partial charge in [0.15, 0.2) is 0 Å². The van der Waals surface area contributed by atoms with Gasteiger partial charge in [-0.3, -0.25) is 9.78 Å². The Morgan fingerprint density at radius 3 is 2.52 bits per heavy atom. The van der Waals surface area contributed by atoms with Crippen molar-refractivity contribution >= 4 is 22.5 Å². The first kappa shape index (κ1) is 20.3. The van der Waals surface area contributed by atoms with Gasteiger partial charge in [-0.2, -0.15) is 0 Å². The number of phenolic OH excluding ortho intramolecular Hbond substituents is 2. The molecule has 29 heavy (non-hydrogen) atoms. The number of carbonyl (C=O) groups excluding carboxylic acids is 1. The van der Waals surface area contributed by atoms with Crippen molar-refractivity contribution in [1.82, 2.24) is 10.3 Å². The summed E-state index contributed by atoms with van der Waals surface area (Å²) in [6.45, 7) is 6.04. The lowest BCUT2D eigenvalue weighted by Crippen LogP contribution is -2.42. The number of pyridine rings is 1. The lowest BCUT2D eigenvalue weighted by Gasteiger charge is -2.23. The molecule has 0 radical (unpaired) electrons. The Labute approximate surface area is 169 Å². The first-order valence-electron chi connectivity index (χ1n) is 9.37. The second kappa shape index (κ2) is 8.26. The number of aryl methyl sites for hydroxylation is 1. The van der Waals surface area contributed by atoms with Crippen molar-refractivity contribution < 1.29 is 19.7 Å². The van der Waals surface area contributed by atoms with Crippen LogP contribution in [0.3, 0.4) is 0 Å². The van der Waals surface area contributed by atoms with Crippen LogP contribution in [-0.4, -0.2) is 33.8 Å². The number of benzene rings is 2. The zero-order valence-electron chi connectivity index (χ0n) is 16.6. The van der Waals surface area contributed by atoms with Gasteiger partial charge in [-0.25, -0.2) is 0 Å². The number of nitrogens with two attached hydrogens (primary N) is 1. The van der Waals surface area contributed by atoms with Crippen molar-refractivity contribution in [2.75, 3.05) is 12.3 Å². The van der Waals surface area contributed by atoms with Crippen LogP contribution >= 0.6 is 0 Å². The molecule has 5 N–H and O–H groups in total. The summed E-state index contributed by atoms with van der Waals surface area (Å²) in [4.78, 5) is 17.0. The number of nitrogens with one attached hydrogen (secondary N) is 1. The number of phenols is 2. The van der Waals surface area contributed by atoms with E-state index in [0.29, 0.717) is 11.4 Å².